The average Bonchev–Trinajstić information content (AvgIpc) is 2.96. The van der Waals surface area contributed by atoms with Crippen LogP contribution in [0.5, 0.6) is 0 Å². The Bertz CT molecular complexity index is 599. The zero-order valence-corrected chi connectivity index (χ0v) is 13.8. The summed E-state index contributed by atoms with van der Waals surface area (Å²) >= 11 is 1.38. The molecule has 1 N–H and O–H groups in total. The number of aryl methyl sites for hydroxylation is 1. The van der Waals surface area contributed by atoms with Crippen molar-refractivity contribution in [2.24, 2.45) is 0 Å². The van der Waals surface area contributed by atoms with Gasteiger partial charge in [-0.3, -0.25) is 15.0 Å². The number of rotatable bonds is 6. The standard InChI is InChI=1S/C12H20N4O3S2/c1-3-4-11-14-15-12(20-11)13-10(17)7-16(2)9-5-6-21(18,19)8-9/h9H,3-8H2,1-2H3,(H,13,15,17)/t9-/m0/s1. The minimum Gasteiger partial charge on any atom is -0.299 e. The summed E-state index contributed by atoms with van der Waals surface area (Å²) in [4.78, 5) is 13.7. The molecule has 1 atom stereocenters. The van der Waals surface area contributed by atoms with E-state index in [-0.39, 0.29) is 30.0 Å². The molecule has 0 unspecified atom stereocenters. The lowest BCUT2D eigenvalue weighted by atomic mass is 10.2. The van der Waals surface area contributed by atoms with Gasteiger partial charge in [0.1, 0.15) is 5.01 Å². The van der Waals surface area contributed by atoms with Crippen LogP contribution in [0.2, 0.25) is 0 Å². The summed E-state index contributed by atoms with van der Waals surface area (Å²) in [5.74, 6) is 0.150. The molecule has 0 saturated carbocycles. The first-order valence-corrected chi connectivity index (χ1v) is 9.56. The van der Waals surface area contributed by atoms with Crippen LogP contribution in [0, 0.1) is 0 Å². The van der Waals surface area contributed by atoms with E-state index in [4.69, 9.17) is 0 Å². The molecule has 1 saturated heterocycles. The van der Waals surface area contributed by atoms with Crippen LogP contribution in [0.15, 0.2) is 0 Å². The summed E-state index contributed by atoms with van der Waals surface area (Å²) < 4.78 is 22.9. The molecule has 1 amide bonds. The molecular formula is C12H20N4O3S2. The van der Waals surface area contributed by atoms with E-state index in [0.717, 1.165) is 17.8 Å². The molecule has 2 rings (SSSR count). The maximum Gasteiger partial charge on any atom is 0.240 e. The van der Waals surface area contributed by atoms with Gasteiger partial charge in [0, 0.05) is 12.5 Å². The molecule has 7 nitrogen and oxygen atoms in total. The molecule has 1 aliphatic rings. The molecule has 1 aromatic rings. The van der Waals surface area contributed by atoms with Gasteiger partial charge in [0.05, 0.1) is 18.1 Å². The number of nitrogens with zero attached hydrogens (tertiary/aromatic N) is 3. The molecule has 0 spiro atoms. The Morgan fingerprint density at radius 2 is 2.24 bits per heavy atom. The maximum atomic E-state index is 11.9. The molecule has 21 heavy (non-hydrogen) atoms. The topological polar surface area (TPSA) is 92.3 Å². The monoisotopic (exact) mass is 332 g/mol. The second kappa shape index (κ2) is 6.80. The Labute approximate surface area is 128 Å². The number of anilines is 1. The van der Waals surface area contributed by atoms with E-state index in [9.17, 15) is 13.2 Å². The van der Waals surface area contributed by atoms with Gasteiger partial charge >= 0.3 is 0 Å². The number of hydrogen-bond donors (Lipinski definition) is 1. The van der Waals surface area contributed by atoms with Gasteiger partial charge in [0.15, 0.2) is 9.84 Å². The molecule has 0 aliphatic carbocycles. The fraction of sp³-hybridized carbons (Fsp3) is 0.750. The average molecular weight is 332 g/mol. The van der Waals surface area contributed by atoms with Gasteiger partial charge in [-0.15, -0.1) is 10.2 Å². The highest BCUT2D eigenvalue weighted by atomic mass is 32.2. The third-order valence-corrected chi connectivity index (χ3v) is 6.05. The van der Waals surface area contributed by atoms with Crippen molar-refractivity contribution < 1.29 is 13.2 Å². The zero-order chi connectivity index (χ0) is 15.5. The fourth-order valence-electron chi connectivity index (χ4n) is 2.26. The van der Waals surface area contributed by atoms with E-state index in [2.05, 4.69) is 22.4 Å². The second-order valence-electron chi connectivity index (χ2n) is 5.27. The lowest BCUT2D eigenvalue weighted by Gasteiger charge is -2.21. The van der Waals surface area contributed by atoms with Crippen molar-refractivity contribution >= 4 is 32.2 Å². The van der Waals surface area contributed by atoms with Crippen LogP contribution < -0.4 is 5.32 Å². The van der Waals surface area contributed by atoms with Crippen LogP contribution in [-0.4, -0.2) is 60.6 Å². The number of aromatic nitrogens is 2. The van der Waals surface area contributed by atoms with Gasteiger partial charge < -0.3 is 0 Å². The first kappa shape index (κ1) is 16.3. The molecule has 1 aromatic heterocycles. The van der Waals surface area contributed by atoms with E-state index >= 15 is 0 Å². The molecule has 1 aliphatic heterocycles. The van der Waals surface area contributed by atoms with E-state index in [1.165, 1.54) is 11.3 Å². The van der Waals surface area contributed by atoms with E-state index < -0.39 is 9.84 Å². The molecule has 9 heteroatoms. The number of sulfone groups is 1. The van der Waals surface area contributed by atoms with Crippen LogP contribution in [0.3, 0.4) is 0 Å². The van der Waals surface area contributed by atoms with Crippen LogP contribution in [0.1, 0.15) is 24.8 Å². The quantitative estimate of drug-likeness (QED) is 0.818. The largest absolute Gasteiger partial charge is 0.299 e. The van der Waals surface area contributed by atoms with Gasteiger partial charge in [0.2, 0.25) is 11.0 Å². The zero-order valence-electron chi connectivity index (χ0n) is 12.2. The fourth-order valence-corrected chi connectivity index (χ4v) is 4.92. The number of hydrogen-bond acceptors (Lipinski definition) is 7. The number of carbonyl (C=O) groups is 1. The lowest BCUT2D eigenvalue weighted by molar-refractivity contribution is -0.117. The number of amides is 1. The molecule has 2 heterocycles. The van der Waals surface area contributed by atoms with Crippen molar-refractivity contribution in [2.75, 3.05) is 30.4 Å². The van der Waals surface area contributed by atoms with Crippen molar-refractivity contribution in [3.63, 3.8) is 0 Å². The Morgan fingerprint density at radius 1 is 1.48 bits per heavy atom. The summed E-state index contributed by atoms with van der Waals surface area (Å²) in [5.41, 5.74) is 0. The third kappa shape index (κ3) is 4.72. The Kier molecular flexibility index (Phi) is 5.28. The SMILES string of the molecule is CCCc1nnc(NC(=O)CN(C)[C@H]2CCS(=O)(=O)C2)s1. The predicted molar refractivity (Wildman–Crippen MR) is 82.2 cm³/mol. The van der Waals surface area contributed by atoms with Gasteiger partial charge in [0.25, 0.3) is 0 Å². The number of nitrogens with one attached hydrogen (secondary N) is 1. The molecule has 118 valence electrons. The minimum atomic E-state index is -2.93. The van der Waals surface area contributed by atoms with Crippen LogP contribution in [-0.2, 0) is 21.1 Å². The number of carbonyl (C=O) groups excluding carboxylic acids is 1. The van der Waals surface area contributed by atoms with Crippen molar-refractivity contribution in [2.45, 2.75) is 32.2 Å². The summed E-state index contributed by atoms with van der Waals surface area (Å²) in [6.07, 6.45) is 2.43. The summed E-state index contributed by atoms with van der Waals surface area (Å²) in [6, 6.07) is -0.0779. The van der Waals surface area contributed by atoms with Crippen molar-refractivity contribution in [3.8, 4) is 0 Å². The van der Waals surface area contributed by atoms with Gasteiger partial charge in [-0.2, -0.15) is 0 Å². The minimum absolute atomic E-state index is 0.0779. The predicted octanol–water partition coefficient (Wildman–Crippen LogP) is 0.548. The second-order valence-corrected chi connectivity index (χ2v) is 8.56. The normalized spacial score (nSPS) is 20.8. The smallest absolute Gasteiger partial charge is 0.240 e. The van der Waals surface area contributed by atoms with Crippen LogP contribution in [0.25, 0.3) is 0 Å². The van der Waals surface area contributed by atoms with Crippen LogP contribution in [0.4, 0.5) is 5.13 Å². The van der Waals surface area contributed by atoms with Gasteiger partial charge in [-0.1, -0.05) is 18.3 Å². The maximum absolute atomic E-state index is 11.9. The van der Waals surface area contributed by atoms with Crippen molar-refractivity contribution in [1.82, 2.24) is 15.1 Å². The van der Waals surface area contributed by atoms with Crippen LogP contribution >= 0.6 is 11.3 Å². The first-order chi connectivity index (χ1) is 9.89. The van der Waals surface area contributed by atoms with Gasteiger partial charge in [-0.25, -0.2) is 8.42 Å². The Hall–Kier alpha value is -1.06. The highest BCUT2D eigenvalue weighted by Crippen LogP contribution is 2.18. The van der Waals surface area contributed by atoms with E-state index in [0.29, 0.717) is 11.6 Å². The summed E-state index contributed by atoms with van der Waals surface area (Å²) in [5, 5.41) is 12.0. The molecule has 0 bridgehead atoms. The van der Waals surface area contributed by atoms with E-state index in [1.807, 2.05) is 0 Å². The molecule has 0 radical (unpaired) electrons. The highest BCUT2D eigenvalue weighted by molar-refractivity contribution is 7.91. The molecule has 0 aromatic carbocycles. The van der Waals surface area contributed by atoms with E-state index in [1.54, 1.807) is 11.9 Å². The third-order valence-electron chi connectivity index (χ3n) is 3.40. The van der Waals surface area contributed by atoms with Crippen molar-refractivity contribution in [3.05, 3.63) is 5.01 Å². The Morgan fingerprint density at radius 3 is 2.86 bits per heavy atom. The first-order valence-electron chi connectivity index (χ1n) is 6.92. The highest BCUT2D eigenvalue weighted by Gasteiger charge is 2.31. The lowest BCUT2D eigenvalue weighted by Crippen LogP contribution is -2.38. The van der Waals surface area contributed by atoms with Gasteiger partial charge in [-0.05, 0) is 19.9 Å². The summed E-state index contributed by atoms with van der Waals surface area (Å²) in [6.45, 7) is 2.22. The Balaban J connectivity index is 1.83. The summed E-state index contributed by atoms with van der Waals surface area (Å²) in [7, 11) is -1.16. The van der Waals surface area contributed by atoms with Crippen molar-refractivity contribution in [1.29, 1.82) is 0 Å². The number of likely N-dealkylation sites (N-methyl/N-ethyl adjacent to an activating group) is 1. The molecular weight excluding hydrogens is 312 g/mol. The molecule has 1 fully saturated rings.